The molecule has 0 amide bonds. The molecule has 0 saturated carbocycles. The molecule has 0 aromatic heterocycles. The summed E-state index contributed by atoms with van der Waals surface area (Å²) in [7, 11) is 0. The van der Waals surface area contributed by atoms with E-state index in [1.165, 1.54) is 56.9 Å². The van der Waals surface area contributed by atoms with Gasteiger partial charge in [-0.3, -0.25) is 0 Å². The summed E-state index contributed by atoms with van der Waals surface area (Å²) in [4.78, 5) is 0. The number of benzene rings is 1. The molecule has 118 valence electrons. The molecule has 0 bridgehead atoms. The Balaban J connectivity index is 2.15. The first-order valence-corrected chi connectivity index (χ1v) is 8.56. The fraction of sp³-hybridized carbons (Fsp3) is 0.632. The highest BCUT2D eigenvalue weighted by atomic mass is 16.4. The van der Waals surface area contributed by atoms with Crippen molar-refractivity contribution in [2.75, 3.05) is 0 Å². The Morgan fingerprint density at radius 1 is 0.905 bits per heavy atom. The van der Waals surface area contributed by atoms with Crippen LogP contribution in [0.5, 0.6) is 0 Å². The zero-order chi connectivity index (χ0) is 15.3. The van der Waals surface area contributed by atoms with Crippen molar-refractivity contribution in [3.05, 3.63) is 35.4 Å². The van der Waals surface area contributed by atoms with E-state index in [2.05, 4.69) is 25.1 Å². The van der Waals surface area contributed by atoms with Crippen LogP contribution in [0.1, 0.15) is 82.3 Å². The lowest BCUT2D eigenvalue weighted by atomic mass is 9.99. The molecule has 0 aliphatic heterocycles. The average Bonchev–Trinajstić information content (AvgIpc) is 2.50. The lowest BCUT2D eigenvalue weighted by molar-refractivity contribution is 0.317. The van der Waals surface area contributed by atoms with E-state index in [9.17, 15) is 5.21 Å². The third kappa shape index (κ3) is 7.31. The van der Waals surface area contributed by atoms with Crippen LogP contribution < -0.4 is 0 Å². The first kappa shape index (κ1) is 17.7. The van der Waals surface area contributed by atoms with Crippen LogP contribution in [0.25, 0.3) is 0 Å². The molecule has 0 aliphatic carbocycles. The van der Waals surface area contributed by atoms with Crippen LogP contribution >= 0.6 is 0 Å². The minimum Gasteiger partial charge on any atom is -0.411 e. The third-order valence-corrected chi connectivity index (χ3v) is 4.09. The lowest BCUT2D eigenvalue weighted by Crippen LogP contribution is -2.03. The van der Waals surface area contributed by atoms with Crippen LogP contribution in [0.3, 0.4) is 0 Å². The van der Waals surface area contributed by atoms with Gasteiger partial charge in [0.15, 0.2) is 0 Å². The number of oxime groups is 1. The summed E-state index contributed by atoms with van der Waals surface area (Å²) < 4.78 is 0. The van der Waals surface area contributed by atoms with Gasteiger partial charge in [0.2, 0.25) is 0 Å². The van der Waals surface area contributed by atoms with Crippen LogP contribution in [-0.4, -0.2) is 10.9 Å². The van der Waals surface area contributed by atoms with E-state index in [-0.39, 0.29) is 0 Å². The monoisotopic (exact) mass is 289 g/mol. The molecule has 1 aromatic rings. The summed E-state index contributed by atoms with van der Waals surface area (Å²) in [5, 5.41) is 12.7. The molecule has 0 unspecified atom stereocenters. The van der Waals surface area contributed by atoms with E-state index in [0.29, 0.717) is 0 Å². The Morgan fingerprint density at radius 2 is 1.48 bits per heavy atom. The van der Waals surface area contributed by atoms with E-state index in [1.54, 1.807) is 0 Å². The Hall–Kier alpha value is -1.31. The van der Waals surface area contributed by atoms with E-state index >= 15 is 0 Å². The van der Waals surface area contributed by atoms with E-state index in [4.69, 9.17) is 0 Å². The van der Waals surface area contributed by atoms with Gasteiger partial charge < -0.3 is 5.21 Å². The number of unbranched alkanes of at least 4 members (excludes halogenated alkanes) is 8. The van der Waals surface area contributed by atoms with Gasteiger partial charge in [-0.25, -0.2) is 0 Å². The van der Waals surface area contributed by atoms with Gasteiger partial charge in [0, 0.05) is 5.56 Å². The molecule has 2 heteroatoms. The molecule has 2 nitrogen and oxygen atoms in total. The van der Waals surface area contributed by atoms with Crippen molar-refractivity contribution in [1.82, 2.24) is 0 Å². The van der Waals surface area contributed by atoms with Gasteiger partial charge in [0.25, 0.3) is 0 Å². The first-order valence-electron chi connectivity index (χ1n) is 8.56. The fourth-order valence-electron chi connectivity index (χ4n) is 2.74. The normalized spacial score (nSPS) is 11.8. The number of nitrogens with zero attached hydrogens (tertiary/aromatic N) is 1. The standard InChI is InChI=1S/C19H31NO/c1-3-4-5-6-7-8-9-10-11-16-19(20-21)18-15-13-12-14-17(18)2/h12-15,21H,3-11,16H2,1-2H3. The van der Waals surface area contributed by atoms with Gasteiger partial charge in [0.05, 0.1) is 5.71 Å². The van der Waals surface area contributed by atoms with Crippen molar-refractivity contribution in [2.24, 2.45) is 5.16 Å². The molecule has 1 N–H and O–H groups in total. The molecule has 0 spiro atoms. The van der Waals surface area contributed by atoms with Crippen LogP contribution in [-0.2, 0) is 0 Å². The minimum atomic E-state index is 0.830. The SMILES string of the molecule is CCCCCCCCCCCC(=NO)c1ccccc1C. The maximum absolute atomic E-state index is 9.22. The van der Waals surface area contributed by atoms with Crippen molar-refractivity contribution in [3.63, 3.8) is 0 Å². The highest BCUT2D eigenvalue weighted by molar-refractivity contribution is 6.01. The van der Waals surface area contributed by atoms with E-state index in [0.717, 1.165) is 24.1 Å². The van der Waals surface area contributed by atoms with Gasteiger partial charge in [-0.1, -0.05) is 87.7 Å². The second-order valence-corrected chi connectivity index (χ2v) is 5.94. The predicted octanol–water partition coefficient (Wildman–Crippen LogP) is 6.09. The molecule has 0 radical (unpaired) electrons. The zero-order valence-electron chi connectivity index (χ0n) is 13.8. The number of aryl methyl sites for hydroxylation is 1. The first-order chi connectivity index (χ1) is 10.3. The van der Waals surface area contributed by atoms with Crippen LogP contribution in [0.4, 0.5) is 0 Å². The van der Waals surface area contributed by atoms with Crippen LogP contribution in [0.15, 0.2) is 29.4 Å². The molecular formula is C19H31NO. The molecule has 0 aliphatic rings. The number of hydrogen-bond acceptors (Lipinski definition) is 2. The molecular weight excluding hydrogens is 258 g/mol. The summed E-state index contributed by atoms with van der Waals surface area (Å²) in [6.45, 7) is 4.32. The average molecular weight is 289 g/mol. The number of rotatable bonds is 11. The van der Waals surface area contributed by atoms with Crippen LogP contribution in [0, 0.1) is 6.92 Å². The van der Waals surface area contributed by atoms with Crippen molar-refractivity contribution in [2.45, 2.75) is 78.1 Å². The molecule has 0 fully saturated rings. The van der Waals surface area contributed by atoms with Gasteiger partial charge in [-0.15, -0.1) is 0 Å². The fourth-order valence-corrected chi connectivity index (χ4v) is 2.74. The van der Waals surface area contributed by atoms with E-state index < -0.39 is 0 Å². The van der Waals surface area contributed by atoms with Gasteiger partial charge >= 0.3 is 0 Å². The third-order valence-electron chi connectivity index (χ3n) is 4.09. The predicted molar refractivity (Wildman–Crippen MR) is 91.3 cm³/mol. The smallest absolute Gasteiger partial charge is 0.0870 e. The molecule has 21 heavy (non-hydrogen) atoms. The highest BCUT2D eigenvalue weighted by Gasteiger charge is 2.06. The molecule has 0 saturated heterocycles. The molecule has 0 atom stereocenters. The van der Waals surface area contributed by atoms with Crippen molar-refractivity contribution >= 4 is 5.71 Å². The lowest BCUT2D eigenvalue weighted by Gasteiger charge is -2.08. The summed E-state index contributed by atoms with van der Waals surface area (Å²) in [6.07, 6.45) is 12.7. The minimum absolute atomic E-state index is 0.830. The summed E-state index contributed by atoms with van der Waals surface area (Å²) in [5.41, 5.74) is 3.09. The second-order valence-electron chi connectivity index (χ2n) is 5.94. The molecule has 1 rings (SSSR count). The Bertz CT molecular complexity index is 412. The van der Waals surface area contributed by atoms with Crippen molar-refractivity contribution in [1.29, 1.82) is 0 Å². The Kier molecular flexibility index (Phi) is 9.60. The van der Waals surface area contributed by atoms with Gasteiger partial charge in [0.1, 0.15) is 0 Å². The summed E-state index contributed by atoms with van der Waals surface area (Å²) >= 11 is 0. The summed E-state index contributed by atoms with van der Waals surface area (Å²) in [5.74, 6) is 0. The molecule has 0 heterocycles. The number of hydrogen-bond donors (Lipinski definition) is 1. The highest BCUT2D eigenvalue weighted by Crippen LogP contribution is 2.15. The largest absolute Gasteiger partial charge is 0.411 e. The quantitative estimate of drug-likeness (QED) is 0.227. The zero-order valence-corrected chi connectivity index (χ0v) is 13.8. The van der Waals surface area contributed by atoms with Gasteiger partial charge in [-0.2, -0.15) is 0 Å². The van der Waals surface area contributed by atoms with Crippen LogP contribution in [0.2, 0.25) is 0 Å². The van der Waals surface area contributed by atoms with Gasteiger partial charge in [-0.05, 0) is 25.3 Å². The Morgan fingerprint density at radius 3 is 2.05 bits per heavy atom. The van der Waals surface area contributed by atoms with Crippen molar-refractivity contribution < 1.29 is 5.21 Å². The maximum atomic E-state index is 9.22. The Labute approximate surface area is 130 Å². The van der Waals surface area contributed by atoms with Crippen molar-refractivity contribution in [3.8, 4) is 0 Å². The van der Waals surface area contributed by atoms with E-state index in [1.807, 2.05) is 18.2 Å². The maximum Gasteiger partial charge on any atom is 0.0870 e. The second kappa shape index (κ2) is 11.4. The molecule has 1 aromatic carbocycles. The summed E-state index contributed by atoms with van der Waals surface area (Å²) in [6, 6.07) is 8.13. The topological polar surface area (TPSA) is 32.6 Å².